The van der Waals surface area contributed by atoms with Gasteiger partial charge < -0.3 is 10.8 Å². The molecule has 0 atom stereocenters. The van der Waals surface area contributed by atoms with Gasteiger partial charge >= 0.3 is 5.97 Å². The number of carboxylic acids is 1. The first-order valence-corrected chi connectivity index (χ1v) is 4.67. The van der Waals surface area contributed by atoms with E-state index in [9.17, 15) is 13.6 Å². The molecule has 0 spiro atoms. The van der Waals surface area contributed by atoms with E-state index in [1.54, 1.807) is 0 Å². The Hall–Kier alpha value is -1.08. The molecule has 1 aromatic heterocycles. The number of hydrogen-bond donors (Lipinski definition) is 2. The van der Waals surface area contributed by atoms with Gasteiger partial charge in [-0.15, -0.1) is 0 Å². The molecule has 0 unspecified atom stereocenters. The van der Waals surface area contributed by atoms with Crippen LogP contribution in [0.1, 0.15) is 28.2 Å². The summed E-state index contributed by atoms with van der Waals surface area (Å²) < 4.78 is 25.2. The number of nitrogens with zero attached hydrogens (tertiary/aromatic N) is 1. The smallest absolute Gasteiger partial charge is 0.355 e. The molecule has 0 saturated carbocycles. The van der Waals surface area contributed by atoms with Crippen molar-refractivity contribution in [1.29, 1.82) is 0 Å². The lowest BCUT2D eigenvalue weighted by Gasteiger charge is -2.08. The van der Waals surface area contributed by atoms with E-state index in [2.05, 4.69) is 20.9 Å². The van der Waals surface area contributed by atoms with Gasteiger partial charge in [-0.1, -0.05) is 0 Å². The fourth-order valence-corrected chi connectivity index (χ4v) is 1.52. The van der Waals surface area contributed by atoms with Crippen molar-refractivity contribution in [3.63, 3.8) is 0 Å². The van der Waals surface area contributed by atoms with Crippen LogP contribution < -0.4 is 5.73 Å². The van der Waals surface area contributed by atoms with Gasteiger partial charge in [-0.25, -0.2) is 18.6 Å². The predicted molar refractivity (Wildman–Crippen MR) is 51.7 cm³/mol. The molecule has 0 bridgehead atoms. The van der Waals surface area contributed by atoms with E-state index in [0.717, 1.165) is 6.07 Å². The van der Waals surface area contributed by atoms with Gasteiger partial charge in [0.05, 0.1) is 11.3 Å². The number of rotatable bonds is 3. The Bertz CT molecular complexity index is 398. The van der Waals surface area contributed by atoms with E-state index in [4.69, 9.17) is 10.8 Å². The van der Waals surface area contributed by atoms with Crippen LogP contribution in [-0.2, 0) is 6.54 Å². The maximum absolute atomic E-state index is 12.4. The van der Waals surface area contributed by atoms with Crippen LogP contribution in [0.3, 0.4) is 0 Å². The molecule has 0 aromatic carbocycles. The Kier molecular flexibility index (Phi) is 3.70. The fraction of sp³-hybridized carbons (Fsp3) is 0.250. The van der Waals surface area contributed by atoms with Crippen molar-refractivity contribution in [2.24, 2.45) is 5.73 Å². The van der Waals surface area contributed by atoms with Crippen molar-refractivity contribution in [1.82, 2.24) is 4.98 Å². The number of aromatic nitrogens is 1. The molecule has 82 valence electrons. The Morgan fingerprint density at radius 1 is 1.67 bits per heavy atom. The van der Waals surface area contributed by atoms with Crippen LogP contribution in [0.25, 0.3) is 0 Å². The molecule has 0 aliphatic heterocycles. The standard InChI is InChI=1S/C8H7BrF2N2O2/c9-4-1-3(7(10)11)6(8(14)15)13-5(4)2-12/h1,7H,2,12H2,(H,14,15). The molecule has 0 radical (unpaired) electrons. The monoisotopic (exact) mass is 280 g/mol. The van der Waals surface area contributed by atoms with Gasteiger partial charge in [-0.2, -0.15) is 0 Å². The van der Waals surface area contributed by atoms with Gasteiger partial charge in [-0.05, 0) is 22.0 Å². The Morgan fingerprint density at radius 3 is 2.67 bits per heavy atom. The summed E-state index contributed by atoms with van der Waals surface area (Å²) in [5, 5.41) is 8.67. The van der Waals surface area contributed by atoms with Gasteiger partial charge in [0.15, 0.2) is 5.69 Å². The first-order chi connectivity index (χ1) is 6.97. The topological polar surface area (TPSA) is 76.2 Å². The fourth-order valence-electron chi connectivity index (χ4n) is 1.02. The molecule has 0 fully saturated rings. The van der Waals surface area contributed by atoms with Crippen molar-refractivity contribution in [3.8, 4) is 0 Å². The average Bonchev–Trinajstić information content (AvgIpc) is 2.16. The molecule has 1 rings (SSSR count). The van der Waals surface area contributed by atoms with E-state index < -0.39 is 23.7 Å². The molecule has 3 N–H and O–H groups in total. The van der Waals surface area contributed by atoms with Gasteiger partial charge in [0, 0.05) is 11.0 Å². The van der Waals surface area contributed by atoms with E-state index in [-0.39, 0.29) is 16.7 Å². The number of nitrogens with two attached hydrogens (primary N) is 1. The Morgan fingerprint density at radius 2 is 2.27 bits per heavy atom. The summed E-state index contributed by atoms with van der Waals surface area (Å²) >= 11 is 2.99. The summed E-state index contributed by atoms with van der Waals surface area (Å²) in [5.41, 5.74) is 4.23. The molecule has 0 saturated heterocycles. The summed E-state index contributed by atoms with van der Waals surface area (Å²) in [6, 6.07) is 1.03. The minimum absolute atomic E-state index is 0.0234. The molecule has 7 heteroatoms. The van der Waals surface area contributed by atoms with Crippen molar-refractivity contribution in [2.75, 3.05) is 0 Å². The lowest BCUT2D eigenvalue weighted by Crippen LogP contribution is -2.11. The Labute approximate surface area is 92.2 Å². The third-order valence-electron chi connectivity index (χ3n) is 1.71. The third kappa shape index (κ3) is 2.48. The molecule has 1 aromatic rings. The number of alkyl halides is 2. The molecular formula is C8H7BrF2N2O2. The summed E-state index contributed by atoms with van der Waals surface area (Å²) in [6.45, 7) is -0.0234. The van der Waals surface area contributed by atoms with Crippen LogP contribution >= 0.6 is 15.9 Å². The number of carbonyl (C=O) groups is 1. The third-order valence-corrected chi connectivity index (χ3v) is 2.40. The second kappa shape index (κ2) is 4.63. The van der Waals surface area contributed by atoms with E-state index in [1.165, 1.54) is 0 Å². The minimum atomic E-state index is -2.88. The number of halogens is 3. The molecule has 4 nitrogen and oxygen atoms in total. The van der Waals surface area contributed by atoms with Gasteiger partial charge in [0.1, 0.15) is 0 Å². The van der Waals surface area contributed by atoms with Crippen LogP contribution in [0.2, 0.25) is 0 Å². The van der Waals surface area contributed by atoms with Crippen molar-refractivity contribution in [2.45, 2.75) is 13.0 Å². The van der Waals surface area contributed by atoms with Gasteiger partial charge in [0.2, 0.25) is 0 Å². The highest BCUT2D eigenvalue weighted by molar-refractivity contribution is 9.10. The number of pyridine rings is 1. The SMILES string of the molecule is NCc1nc(C(=O)O)c(C(F)F)cc1Br. The maximum Gasteiger partial charge on any atom is 0.355 e. The van der Waals surface area contributed by atoms with E-state index in [0.29, 0.717) is 0 Å². The number of aromatic carboxylic acids is 1. The zero-order chi connectivity index (χ0) is 11.6. The lowest BCUT2D eigenvalue weighted by atomic mass is 10.1. The van der Waals surface area contributed by atoms with Crippen molar-refractivity contribution < 1.29 is 18.7 Å². The van der Waals surface area contributed by atoms with Crippen LogP contribution in [0.4, 0.5) is 8.78 Å². The average molecular weight is 281 g/mol. The van der Waals surface area contributed by atoms with Gasteiger partial charge in [-0.3, -0.25) is 0 Å². The summed E-state index contributed by atoms with van der Waals surface area (Å²) in [6.07, 6.45) is -2.88. The van der Waals surface area contributed by atoms with Crippen LogP contribution in [0.15, 0.2) is 10.5 Å². The molecule has 1 heterocycles. The van der Waals surface area contributed by atoms with E-state index in [1.807, 2.05) is 0 Å². The summed E-state index contributed by atoms with van der Waals surface area (Å²) in [4.78, 5) is 14.2. The van der Waals surface area contributed by atoms with Crippen molar-refractivity contribution >= 4 is 21.9 Å². The maximum atomic E-state index is 12.4. The molecule has 0 amide bonds. The van der Waals surface area contributed by atoms with E-state index >= 15 is 0 Å². The first kappa shape index (κ1) is 12.0. The molecule has 0 aliphatic carbocycles. The summed E-state index contributed by atoms with van der Waals surface area (Å²) in [5.74, 6) is -1.49. The van der Waals surface area contributed by atoms with Crippen LogP contribution in [-0.4, -0.2) is 16.1 Å². The number of hydrogen-bond acceptors (Lipinski definition) is 3. The minimum Gasteiger partial charge on any atom is -0.476 e. The first-order valence-electron chi connectivity index (χ1n) is 3.88. The summed E-state index contributed by atoms with van der Waals surface area (Å²) in [7, 11) is 0. The Balaban J connectivity index is 3.39. The second-order valence-corrected chi connectivity index (χ2v) is 3.52. The lowest BCUT2D eigenvalue weighted by molar-refractivity contribution is 0.0676. The van der Waals surface area contributed by atoms with Crippen LogP contribution in [0.5, 0.6) is 0 Å². The predicted octanol–water partition coefficient (Wildman–Crippen LogP) is 1.94. The highest BCUT2D eigenvalue weighted by Gasteiger charge is 2.21. The van der Waals surface area contributed by atoms with Crippen molar-refractivity contribution in [3.05, 3.63) is 27.5 Å². The number of carboxylic acid groups (broad SMARTS) is 1. The zero-order valence-corrected chi connectivity index (χ0v) is 8.96. The molecule has 0 aliphatic rings. The highest BCUT2D eigenvalue weighted by Crippen LogP contribution is 2.26. The zero-order valence-electron chi connectivity index (χ0n) is 7.38. The highest BCUT2D eigenvalue weighted by atomic mass is 79.9. The largest absolute Gasteiger partial charge is 0.476 e. The normalized spacial score (nSPS) is 10.7. The van der Waals surface area contributed by atoms with Gasteiger partial charge in [0.25, 0.3) is 6.43 Å². The quantitative estimate of drug-likeness (QED) is 0.887. The molecular weight excluding hydrogens is 274 g/mol. The molecule has 15 heavy (non-hydrogen) atoms. The van der Waals surface area contributed by atoms with Crippen LogP contribution in [0, 0.1) is 0 Å². The second-order valence-electron chi connectivity index (χ2n) is 2.66.